The number of nitro benzene ring substituents is 1. The van der Waals surface area contributed by atoms with Gasteiger partial charge in [-0.2, -0.15) is 0 Å². The van der Waals surface area contributed by atoms with Crippen LogP contribution in [0, 0.1) is 10.1 Å². The molecule has 1 fully saturated rings. The number of ether oxygens (including phenoxy) is 1. The van der Waals surface area contributed by atoms with Crippen LogP contribution in [-0.4, -0.2) is 52.6 Å². The summed E-state index contributed by atoms with van der Waals surface area (Å²) in [6, 6.07) is 12.5. The van der Waals surface area contributed by atoms with E-state index >= 15 is 0 Å². The van der Waals surface area contributed by atoms with Crippen LogP contribution in [0.1, 0.15) is 22.3 Å². The Labute approximate surface area is 167 Å². The van der Waals surface area contributed by atoms with Gasteiger partial charge in [-0.15, -0.1) is 0 Å². The second-order valence-electron chi connectivity index (χ2n) is 6.73. The van der Waals surface area contributed by atoms with Gasteiger partial charge in [-0.3, -0.25) is 14.9 Å². The zero-order valence-electron chi connectivity index (χ0n) is 15.8. The second kappa shape index (κ2) is 8.70. The summed E-state index contributed by atoms with van der Waals surface area (Å²) in [6.07, 6.45) is -0.210. The van der Waals surface area contributed by atoms with Gasteiger partial charge in [0.05, 0.1) is 11.0 Å². The molecule has 1 saturated heterocycles. The zero-order chi connectivity index (χ0) is 21.0. The van der Waals surface area contributed by atoms with Gasteiger partial charge in [0.15, 0.2) is 0 Å². The van der Waals surface area contributed by atoms with Crippen LogP contribution < -0.4 is 5.32 Å². The predicted octanol–water partition coefficient (Wildman–Crippen LogP) is 2.52. The van der Waals surface area contributed by atoms with Crippen molar-refractivity contribution >= 4 is 23.3 Å². The van der Waals surface area contributed by atoms with Gasteiger partial charge < -0.3 is 20.1 Å². The van der Waals surface area contributed by atoms with Crippen LogP contribution in [0.5, 0.6) is 0 Å². The molecule has 0 aliphatic carbocycles. The van der Waals surface area contributed by atoms with Crippen molar-refractivity contribution in [2.75, 3.05) is 19.0 Å². The third-order valence-electron chi connectivity index (χ3n) is 4.91. The lowest BCUT2D eigenvalue weighted by molar-refractivity contribution is -0.384. The molecule has 0 aromatic heterocycles. The van der Waals surface area contributed by atoms with Gasteiger partial charge in [0.2, 0.25) is 0 Å². The monoisotopic (exact) mass is 399 g/mol. The summed E-state index contributed by atoms with van der Waals surface area (Å²) >= 11 is 0. The number of aliphatic carboxylic acids is 1. The smallest absolute Gasteiger partial charge is 0.326 e. The number of nitro groups is 1. The van der Waals surface area contributed by atoms with Gasteiger partial charge in [-0.25, -0.2) is 4.79 Å². The Morgan fingerprint density at radius 1 is 1.28 bits per heavy atom. The molecule has 0 bridgehead atoms. The van der Waals surface area contributed by atoms with Crippen LogP contribution in [0.15, 0.2) is 48.5 Å². The fraction of sp³-hybridized carbons (Fsp3) is 0.300. The van der Waals surface area contributed by atoms with Crippen LogP contribution in [0.3, 0.4) is 0 Å². The van der Waals surface area contributed by atoms with Gasteiger partial charge in [-0.1, -0.05) is 30.3 Å². The minimum absolute atomic E-state index is 0.0602. The highest BCUT2D eigenvalue weighted by molar-refractivity contribution is 5.98. The number of carbonyl (C=O) groups excluding carboxylic acids is 1. The molecule has 152 valence electrons. The number of nitrogens with one attached hydrogen (secondary N) is 1. The number of carboxylic acids is 1. The molecular weight excluding hydrogens is 378 g/mol. The Balaban J connectivity index is 1.83. The molecule has 0 saturated carbocycles. The maximum Gasteiger partial charge on any atom is 0.326 e. The summed E-state index contributed by atoms with van der Waals surface area (Å²) in [4.78, 5) is 36.5. The minimum atomic E-state index is -1.13. The van der Waals surface area contributed by atoms with Gasteiger partial charge in [0.1, 0.15) is 11.7 Å². The highest BCUT2D eigenvalue weighted by atomic mass is 16.6. The Morgan fingerprint density at radius 2 is 2.00 bits per heavy atom. The normalized spacial score (nSPS) is 18.4. The standard InChI is InChI=1S/C20H21N3O6/c1-29-15-10-18(20(25)26)22(12-15)19(24)14-7-8-16(17(9-14)23(27)28)21-11-13-5-3-2-4-6-13/h2-9,15,18,21H,10-12H2,1H3,(H,25,26). The first kappa shape index (κ1) is 20.3. The third kappa shape index (κ3) is 4.52. The third-order valence-corrected chi connectivity index (χ3v) is 4.91. The van der Waals surface area contributed by atoms with Gasteiger partial charge in [-0.05, 0) is 17.7 Å². The molecule has 2 aromatic rings. The average Bonchev–Trinajstić information content (AvgIpc) is 3.17. The van der Waals surface area contributed by atoms with Crippen LogP contribution in [-0.2, 0) is 16.1 Å². The van der Waals surface area contributed by atoms with E-state index in [0.717, 1.165) is 5.56 Å². The number of methoxy groups -OCH3 is 1. The molecule has 2 unspecified atom stereocenters. The van der Waals surface area contributed by atoms with Gasteiger partial charge >= 0.3 is 5.97 Å². The van der Waals surface area contributed by atoms with E-state index < -0.39 is 22.8 Å². The maximum absolute atomic E-state index is 12.9. The SMILES string of the molecule is COC1CC(C(=O)O)N(C(=O)c2ccc(NCc3ccccc3)c([N+](=O)[O-])c2)C1. The number of amides is 1. The molecular formula is C20H21N3O6. The number of nitrogens with zero attached hydrogens (tertiary/aromatic N) is 2. The Kier molecular flexibility index (Phi) is 6.08. The number of likely N-dealkylation sites (tertiary alicyclic amines) is 1. The molecule has 1 aliphatic heterocycles. The highest BCUT2D eigenvalue weighted by Gasteiger charge is 2.40. The first-order valence-electron chi connectivity index (χ1n) is 9.03. The van der Waals surface area contributed by atoms with Crippen molar-refractivity contribution in [3.8, 4) is 0 Å². The molecule has 29 heavy (non-hydrogen) atoms. The van der Waals surface area contributed by atoms with E-state index in [1.54, 1.807) is 0 Å². The van der Waals surface area contributed by atoms with E-state index in [2.05, 4.69) is 5.32 Å². The lowest BCUT2D eigenvalue weighted by Gasteiger charge is -2.21. The number of rotatable bonds is 7. The number of benzene rings is 2. The van der Waals surface area contributed by atoms with Crippen molar-refractivity contribution in [3.63, 3.8) is 0 Å². The number of hydrogen-bond acceptors (Lipinski definition) is 6. The Hall–Kier alpha value is -3.46. The van der Waals surface area contributed by atoms with E-state index in [0.29, 0.717) is 6.54 Å². The number of carbonyl (C=O) groups is 2. The quantitative estimate of drug-likeness (QED) is 0.542. The molecule has 2 N–H and O–H groups in total. The summed E-state index contributed by atoms with van der Waals surface area (Å²) in [5.74, 6) is -1.71. The highest BCUT2D eigenvalue weighted by Crippen LogP contribution is 2.29. The topological polar surface area (TPSA) is 122 Å². The first-order valence-corrected chi connectivity index (χ1v) is 9.03. The molecule has 9 heteroatoms. The van der Waals surface area contributed by atoms with Crippen LogP contribution in [0.25, 0.3) is 0 Å². The van der Waals surface area contributed by atoms with Crippen LogP contribution in [0.2, 0.25) is 0 Å². The molecule has 9 nitrogen and oxygen atoms in total. The fourth-order valence-corrected chi connectivity index (χ4v) is 3.35. The molecule has 1 aliphatic rings. The van der Waals surface area contributed by atoms with Crippen molar-refractivity contribution in [2.24, 2.45) is 0 Å². The zero-order valence-corrected chi connectivity index (χ0v) is 15.8. The van der Waals surface area contributed by atoms with E-state index in [4.69, 9.17) is 4.74 Å². The second-order valence-corrected chi connectivity index (χ2v) is 6.73. The number of carboxylic acid groups (broad SMARTS) is 1. The molecule has 2 atom stereocenters. The van der Waals surface area contributed by atoms with E-state index in [1.165, 1.54) is 30.2 Å². The minimum Gasteiger partial charge on any atom is -0.480 e. The lowest BCUT2D eigenvalue weighted by atomic mass is 10.1. The van der Waals surface area contributed by atoms with E-state index in [-0.39, 0.29) is 36.0 Å². The number of anilines is 1. The molecule has 1 heterocycles. The van der Waals surface area contributed by atoms with Gasteiger partial charge in [0, 0.05) is 38.2 Å². The summed E-state index contributed by atoms with van der Waals surface area (Å²) in [6.45, 7) is 0.506. The predicted molar refractivity (Wildman–Crippen MR) is 105 cm³/mol. The van der Waals surface area contributed by atoms with Gasteiger partial charge in [0.25, 0.3) is 11.6 Å². The van der Waals surface area contributed by atoms with Crippen molar-refractivity contribution in [3.05, 3.63) is 69.8 Å². The van der Waals surface area contributed by atoms with Crippen molar-refractivity contribution < 1.29 is 24.4 Å². The maximum atomic E-state index is 12.9. The Bertz CT molecular complexity index is 918. The molecule has 1 amide bonds. The number of hydrogen-bond donors (Lipinski definition) is 2. The van der Waals surface area contributed by atoms with E-state index in [1.807, 2.05) is 30.3 Å². The summed E-state index contributed by atoms with van der Waals surface area (Å²) < 4.78 is 5.19. The van der Waals surface area contributed by atoms with Crippen LogP contribution >= 0.6 is 0 Å². The van der Waals surface area contributed by atoms with E-state index in [9.17, 15) is 24.8 Å². The Morgan fingerprint density at radius 3 is 2.62 bits per heavy atom. The van der Waals surface area contributed by atoms with Crippen molar-refractivity contribution in [2.45, 2.75) is 25.1 Å². The molecule has 3 rings (SSSR count). The first-order chi connectivity index (χ1) is 13.9. The largest absolute Gasteiger partial charge is 0.480 e. The molecule has 0 radical (unpaired) electrons. The lowest BCUT2D eigenvalue weighted by Crippen LogP contribution is -2.40. The van der Waals surface area contributed by atoms with Crippen molar-refractivity contribution in [1.82, 2.24) is 4.90 Å². The summed E-state index contributed by atoms with van der Waals surface area (Å²) in [5.41, 5.74) is 1.04. The molecule has 2 aromatic carbocycles. The molecule has 0 spiro atoms. The van der Waals surface area contributed by atoms with Crippen LogP contribution in [0.4, 0.5) is 11.4 Å². The summed E-state index contributed by atoms with van der Waals surface area (Å²) in [7, 11) is 1.45. The average molecular weight is 399 g/mol. The summed E-state index contributed by atoms with van der Waals surface area (Å²) in [5, 5.41) is 23.9. The fourth-order valence-electron chi connectivity index (χ4n) is 3.35. The van der Waals surface area contributed by atoms with Crippen molar-refractivity contribution in [1.29, 1.82) is 0 Å².